The molecule has 0 aromatic rings. The Labute approximate surface area is 49.8 Å². The van der Waals surface area contributed by atoms with Crippen LogP contribution in [0.5, 0.6) is 0 Å². The van der Waals surface area contributed by atoms with E-state index in [2.05, 4.69) is 10.7 Å². The Hall–Kier alpha value is -0.360. The van der Waals surface area contributed by atoms with Gasteiger partial charge in [-0.05, 0) is 0 Å². The van der Waals surface area contributed by atoms with Crippen LogP contribution in [0, 0.1) is 10.1 Å². The third-order valence-electron chi connectivity index (χ3n) is 0.260. The van der Waals surface area contributed by atoms with E-state index in [1.165, 1.54) is 0 Å². The first-order chi connectivity index (χ1) is 3.42. The highest BCUT2D eigenvalue weighted by Gasteiger charge is 2.12. The van der Waals surface area contributed by atoms with Gasteiger partial charge in [-0.3, -0.25) is 10.1 Å². The molecule has 0 radical (unpaired) electrons. The second kappa shape index (κ2) is 2.27. The lowest BCUT2D eigenvalue weighted by Crippen LogP contribution is -2.07. The Morgan fingerprint density at radius 3 is 2.00 bits per heavy atom. The normalized spacial score (nSPS) is 11.1. The van der Waals surface area contributed by atoms with E-state index in [1.54, 1.807) is 0 Å². The zero-order valence-corrected chi connectivity index (χ0v) is 5.15. The van der Waals surface area contributed by atoms with E-state index >= 15 is 0 Å². The lowest BCUT2D eigenvalue weighted by Gasteiger charge is -1.82. The molecule has 0 saturated heterocycles. The molecule has 0 rings (SSSR count). The van der Waals surface area contributed by atoms with Gasteiger partial charge in [-0.2, -0.15) is 0 Å². The molecule has 0 aliphatic rings. The predicted octanol–water partition coefficient (Wildman–Crippen LogP) is -0.211. The maximum atomic E-state index is 9.77. The third-order valence-corrected chi connectivity index (χ3v) is 1.07. The summed E-state index contributed by atoms with van der Waals surface area (Å²) >= 11 is 0. The molecule has 7 heteroatoms. The van der Waals surface area contributed by atoms with Crippen molar-refractivity contribution >= 4 is 19.7 Å². The fraction of sp³-hybridized carbons (Fsp3) is 1.00. The molecular weight excluding hydrogens is 158 g/mol. The maximum Gasteiger partial charge on any atom is 0.315 e. The molecule has 8 heavy (non-hydrogen) atoms. The number of halogens is 1. The van der Waals surface area contributed by atoms with Crippen LogP contribution in [-0.2, 0) is 9.05 Å². The van der Waals surface area contributed by atoms with Gasteiger partial charge in [0.15, 0.2) is 0 Å². The molecule has 0 bridgehead atoms. The zero-order chi connectivity index (χ0) is 6.78. The van der Waals surface area contributed by atoms with Crippen LogP contribution in [0.4, 0.5) is 0 Å². The van der Waals surface area contributed by atoms with Gasteiger partial charge in [0.2, 0.25) is 0 Å². The number of hydrogen-bond donors (Lipinski definition) is 0. The molecule has 0 N–H and O–H groups in total. The SMILES string of the molecule is O=[N+]([O-])CS(=O)(=O)Cl. The van der Waals surface area contributed by atoms with Crippen molar-refractivity contribution in [1.29, 1.82) is 0 Å². The minimum Gasteiger partial charge on any atom is -0.263 e. The van der Waals surface area contributed by atoms with Crippen LogP contribution in [0.15, 0.2) is 0 Å². The predicted molar refractivity (Wildman–Crippen MR) is 26.6 cm³/mol. The average Bonchev–Trinajstić information content (AvgIpc) is 1.21. The van der Waals surface area contributed by atoms with Gasteiger partial charge in [-0.1, -0.05) is 0 Å². The fourth-order valence-electron chi connectivity index (χ4n) is 0.126. The summed E-state index contributed by atoms with van der Waals surface area (Å²) in [5, 5.41) is 9.36. The largest absolute Gasteiger partial charge is 0.315 e. The first-order valence-electron chi connectivity index (χ1n) is 1.46. The van der Waals surface area contributed by atoms with Crippen molar-refractivity contribution in [3.05, 3.63) is 10.1 Å². The van der Waals surface area contributed by atoms with Crippen LogP contribution in [0.3, 0.4) is 0 Å². The second-order valence-corrected chi connectivity index (χ2v) is 3.75. The highest BCUT2D eigenvalue weighted by Crippen LogP contribution is 1.93. The second-order valence-electron chi connectivity index (χ2n) is 1.00. The summed E-state index contributed by atoms with van der Waals surface area (Å²) in [5.41, 5.74) is 0. The molecule has 0 atom stereocenters. The lowest BCUT2D eigenvalue weighted by molar-refractivity contribution is -0.458. The summed E-state index contributed by atoms with van der Waals surface area (Å²) in [4.78, 5) is 8.35. The maximum absolute atomic E-state index is 9.77. The van der Waals surface area contributed by atoms with Crippen molar-refractivity contribution in [3.8, 4) is 0 Å². The van der Waals surface area contributed by atoms with Crippen LogP contribution in [0.2, 0.25) is 0 Å². The Kier molecular flexibility index (Phi) is 2.17. The van der Waals surface area contributed by atoms with Crippen molar-refractivity contribution in [2.24, 2.45) is 0 Å². The minimum atomic E-state index is -3.95. The third kappa shape index (κ3) is 5.64. The van der Waals surface area contributed by atoms with Crippen LogP contribution >= 0.6 is 10.7 Å². The van der Waals surface area contributed by atoms with E-state index in [1.807, 2.05) is 0 Å². The summed E-state index contributed by atoms with van der Waals surface area (Å²) in [6, 6.07) is 0. The van der Waals surface area contributed by atoms with E-state index in [0.717, 1.165) is 0 Å². The minimum absolute atomic E-state index is 1.01. The molecule has 0 aliphatic heterocycles. The first-order valence-corrected chi connectivity index (χ1v) is 3.94. The molecule has 0 fully saturated rings. The van der Waals surface area contributed by atoms with Gasteiger partial charge in [-0.25, -0.2) is 8.42 Å². The lowest BCUT2D eigenvalue weighted by atomic mass is 11.5. The topological polar surface area (TPSA) is 77.3 Å². The van der Waals surface area contributed by atoms with Gasteiger partial charge in [0.05, 0.1) is 0 Å². The Balaban J connectivity index is 3.95. The van der Waals surface area contributed by atoms with Crippen molar-refractivity contribution < 1.29 is 13.3 Å². The fourth-order valence-corrected chi connectivity index (χ4v) is 0.617. The molecule has 0 saturated carbocycles. The molecule has 0 aromatic heterocycles. The van der Waals surface area contributed by atoms with Gasteiger partial charge >= 0.3 is 5.88 Å². The quantitative estimate of drug-likeness (QED) is 0.317. The van der Waals surface area contributed by atoms with Crippen molar-refractivity contribution in [2.75, 3.05) is 5.88 Å². The Morgan fingerprint density at radius 2 is 2.00 bits per heavy atom. The monoisotopic (exact) mass is 159 g/mol. The molecule has 0 heterocycles. The van der Waals surface area contributed by atoms with Gasteiger partial charge in [0.1, 0.15) is 0 Å². The van der Waals surface area contributed by atoms with Gasteiger partial charge in [-0.15, -0.1) is 0 Å². The molecular formula is CH2ClNO4S. The van der Waals surface area contributed by atoms with Crippen LogP contribution in [0.1, 0.15) is 0 Å². The Bertz CT molecular complexity index is 182. The molecule has 0 spiro atoms. The number of hydrogen-bond acceptors (Lipinski definition) is 4. The van der Waals surface area contributed by atoms with E-state index < -0.39 is 19.9 Å². The smallest absolute Gasteiger partial charge is 0.263 e. The van der Waals surface area contributed by atoms with Gasteiger partial charge < -0.3 is 0 Å². The van der Waals surface area contributed by atoms with E-state index in [9.17, 15) is 18.5 Å². The van der Waals surface area contributed by atoms with E-state index in [0.29, 0.717) is 0 Å². The molecule has 48 valence electrons. The highest BCUT2D eigenvalue weighted by atomic mass is 35.7. The van der Waals surface area contributed by atoms with Crippen LogP contribution < -0.4 is 0 Å². The summed E-state index contributed by atoms with van der Waals surface area (Å²) in [6.45, 7) is 0. The highest BCUT2D eigenvalue weighted by molar-refractivity contribution is 8.13. The van der Waals surface area contributed by atoms with Crippen LogP contribution in [-0.4, -0.2) is 19.2 Å². The zero-order valence-electron chi connectivity index (χ0n) is 3.57. The van der Waals surface area contributed by atoms with Crippen molar-refractivity contribution in [3.63, 3.8) is 0 Å². The molecule has 0 unspecified atom stereocenters. The number of nitro groups is 1. The molecule has 0 amide bonds. The number of rotatable bonds is 2. The van der Waals surface area contributed by atoms with Crippen molar-refractivity contribution in [1.82, 2.24) is 0 Å². The number of nitrogens with zero attached hydrogens (tertiary/aromatic N) is 1. The first kappa shape index (κ1) is 7.64. The Morgan fingerprint density at radius 1 is 1.62 bits per heavy atom. The average molecular weight is 160 g/mol. The van der Waals surface area contributed by atoms with Crippen molar-refractivity contribution in [2.45, 2.75) is 0 Å². The van der Waals surface area contributed by atoms with E-state index in [-0.39, 0.29) is 0 Å². The summed E-state index contributed by atoms with van der Waals surface area (Å²) in [5.74, 6) is -1.21. The molecule has 0 aliphatic carbocycles. The summed E-state index contributed by atoms with van der Waals surface area (Å²) in [7, 11) is 0.508. The van der Waals surface area contributed by atoms with Crippen LogP contribution in [0.25, 0.3) is 0 Å². The van der Waals surface area contributed by atoms with Gasteiger partial charge in [0.25, 0.3) is 9.05 Å². The molecule has 5 nitrogen and oxygen atoms in total. The standard InChI is InChI=1S/CH2ClNO4S/c2-8(6,7)1-3(4)5/h1H2. The van der Waals surface area contributed by atoms with E-state index in [4.69, 9.17) is 0 Å². The summed E-state index contributed by atoms with van der Waals surface area (Å²) in [6.07, 6.45) is 0. The summed E-state index contributed by atoms with van der Waals surface area (Å²) < 4.78 is 19.5. The molecule has 0 aromatic carbocycles. The van der Waals surface area contributed by atoms with Gasteiger partial charge in [0, 0.05) is 15.6 Å².